The molecule has 3 nitrogen and oxygen atoms in total. The third-order valence-electron chi connectivity index (χ3n) is 8.72. The first kappa shape index (κ1) is 23.0. The van der Waals surface area contributed by atoms with Crippen molar-refractivity contribution in [1.82, 2.24) is 4.67 Å². The van der Waals surface area contributed by atoms with Crippen LogP contribution >= 0.6 is 8.53 Å². The third kappa shape index (κ3) is 3.63. The Kier molecular flexibility index (Phi) is 5.61. The smallest absolute Gasteiger partial charge is 0.385 e. The van der Waals surface area contributed by atoms with Crippen molar-refractivity contribution in [1.29, 1.82) is 0 Å². The van der Waals surface area contributed by atoms with Gasteiger partial charge in [0.15, 0.2) is 0 Å². The quantitative estimate of drug-likeness (QED) is 0.253. The fourth-order valence-corrected chi connectivity index (χ4v) is 8.62. The minimum absolute atomic E-state index is 0.0141. The van der Waals surface area contributed by atoms with Gasteiger partial charge in [0.2, 0.25) is 0 Å². The normalized spacial score (nSPS) is 18.7. The van der Waals surface area contributed by atoms with Crippen LogP contribution in [0.25, 0.3) is 0 Å². The molecule has 3 aliphatic rings. The summed E-state index contributed by atoms with van der Waals surface area (Å²) in [6, 6.07) is 34.9. The van der Waals surface area contributed by atoms with Crippen LogP contribution in [0.3, 0.4) is 0 Å². The predicted molar refractivity (Wildman–Crippen MR) is 150 cm³/mol. The molecule has 0 fully saturated rings. The van der Waals surface area contributed by atoms with E-state index >= 15 is 0 Å². The van der Waals surface area contributed by atoms with E-state index in [0.717, 1.165) is 37.2 Å². The molecule has 186 valence electrons. The summed E-state index contributed by atoms with van der Waals surface area (Å²) in [5, 5.41) is 0. The highest BCUT2D eigenvalue weighted by atomic mass is 31.2. The molecule has 0 radical (unpaired) electrons. The molecule has 0 aromatic heterocycles. The molecule has 0 unspecified atom stereocenters. The first-order valence-electron chi connectivity index (χ1n) is 13.4. The Labute approximate surface area is 221 Å². The van der Waals surface area contributed by atoms with Crippen molar-refractivity contribution in [3.63, 3.8) is 0 Å². The zero-order valence-corrected chi connectivity index (χ0v) is 22.3. The number of benzene rings is 4. The standard InChI is InChI=1S/C33H32NO2P/c1-23(25-11-5-3-6-12-25)34(24(2)26-13-7-4-8-14-26)37-35-29-17-9-15-27-19-21-33(31(27)29)22-20-28-16-10-18-30(36-37)32(28)33/h3-18,23-24H,19-22H2,1-2H3/t23-,24-,33?/m0/s1. The number of hydrogen-bond acceptors (Lipinski definition) is 3. The Bertz CT molecular complexity index is 1330. The summed E-state index contributed by atoms with van der Waals surface area (Å²) in [5.74, 6) is 2.02. The first-order chi connectivity index (χ1) is 18.2. The second kappa shape index (κ2) is 9.01. The van der Waals surface area contributed by atoms with Crippen molar-refractivity contribution >= 4 is 8.53 Å². The molecule has 1 aliphatic heterocycles. The molecule has 1 heterocycles. The Morgan fingerprint density at radius 1 is 0.622 bits per heavy atom. The van der Waals surface area contributed by atoms with Gasteiger partial charge in [-0.2, -0.15) is 0 Å². The average Bonchev–Trinajstić information content (AvgIpc) is 3.51. The lowest BCUT2D eigenvalue weighted by molar-refractivity contribution is 0.244. The van der Waals surface area contributed by atoms with Crippen molar-refractivity contribution in [2.75, 3.05) is 0 Å². The summed E-state index contributed by atoms with van der Waals surface area (Å²) in [6.45, 7) is 4.55. The molecule has 2 aliphatic carbocycles. The van der Waals surface area contributed by atoms with Gasteiger partial charge in [0.1, 0.15) is 11.5 Å². The molecule has 4 aromatic rings. The summed E-state index contributed by atoms with van der Waals surface area (Å²) >= 11 is 0. The Hall–Kier alpha value is -3.13. The largest absolute Gasteiger partial charge is 0.427 e. The van der Waals surface area contributed by atoms with E-state index in [1.165, 1.54) is 33.4 Å². The lowest BCUT2D eigenvalue weighted by Gasteiger charge is -2.41. The van der Waals surface area contributed by atoms with Crippen LogP contribution in [0.4, 0.5) is 0 Å². The molecule has 7 rings (SSSR count). The predicted octanol–water partition coefficient (Wildman–Crippen LogP) is 8.69. The van der Waals surface area contributed by atoms with Crippen molar-refractivity contribution in [2.24, 2.45) is 0 Å². The van der Waals surface area contributed by atoms with Crippen LogP contribution in [0.5, 0.6) is 11.5 Å². The fourth-order valence-electron chi connectivity index (χ4n) is 6.92. The van der Waals surface area contributed by atoms with Gasteiger partial charge < -0.3 is 9.05 Å². The fraction of sp³-hybridized carbons (Fsp3) is 0.273. The van der Waals surface area contributed by atoms with E-state index < -0.39 is 8.53 Å². The van der Waals surface area contributed by atoms with Gasteiger partial charge in [0.05, 0.1) is 0 Å². The third-order valence-corrected chi connectivity index (χ3v) is 10.5. The van der Waals surface area contributed by atoms with Crippen LogP contribution < -0.4 is 9.05 Å². The molecule has 4 heteroatoms. The van der Waals surface area contributed by atoms with Crippen molar-refractivity contribution in [3.8, 4) is 11.5 Å². The van der Waals surface area contributed by atoms with Crippen LogP contribution in [-0.4, -0.2) is 4.67 Å². The molecular formula is C33H32NO2P. The van der Waals surface area contributed by atoms with Crippen LogP contribution in [0.1, 0.15) is 72.2 Å². The molecule has 0 amide bonds. The highest BCUT2D eigenvalue weighted by Crippen LogP contribution is 2.63. The van der Waals surface area contributed by atoms with Gasteiger partial charge in [-0.3, -0.25) is 0 Å². The van der Waals surface area contributed by atoms with E-state index in [0.29, 0.717) is 0 Å². The topological polar surface area (TPSA) is 21.7 Å². The second-order valence-electron chi connectivity index (χ2n) is 10.6. The van der Waals surface area contributed by atoms with Crippen molar-refractivity contribution in [3.05, 3.63) is 130 Å². The molecule has 4 aromatic carbocycles. The summed E-state index contributed by atoms with van der Waals surface area (Å²) in [6.07, 6.45) is 4.47. The van der Waals surface area contributed by atoms with Gasteiger partial charge in [0.25, 0.3) is 0 Å². The van der Waals surface area contributed by atoms with E-state index in [1.54, 1.807) is 0 Å². The van der Waals surface area contributed by atoms with E-state index in [1.807, 2.05) is 0 Å². The average molecular weight is 506 g/mol. The SMILES string of the molecule is C[C@@H](c1ccccc1)N([C@@H](C)c1ccccc1)P1Oc2cccc3c2C2(CC3)CCc3cccc(c32)O1. The summed E-state index contributed by atoms with van der Waals surface area (Å²) in [4.78, 5) is 0. The molecule has 0 bridgehead atoms. The number of rotatable bonds is 5. The van der Waals surface area contributed by atoms with E-state index in [-0.39, 0.29) is 17.5 Å². The minimum atomic E-state index is -1.46. The molecule has 37 heavy (non-hydrogen) atoms. The highest BCUT2D eigenvalue weighted by Gasteiger charge is 2.51. The monoisotopic (exact) mass is 505 g/mol. The van der Waals surface area contributed by atoms with Gasteiger partial charge in [-0.1, -0.05) is 84.9 Å². The Morgan fingerprint density at radius 2 is 1.08 bits per heavy atom. The number of aryl methyl sites for hydroxylation is 2. The summed E-state index contributed by atoms with van der Waals surface area (Å²) < 4.78 is 16.6. The van der Waals surface area contributed by atoms with Crippen LogP contribution in [-0.2, 0) is 18.3 Å². The zero-order valence-electron chi connectivity index (χ0n) is 21.4. The van der Waals surface area contributed by atoms with E-state index in [4.69, 9.17) is 9.05 Å². The van der Waals surface area contributed by atoms with Gasteiger partial charge in [-0.25, -0.2) is 4.67 Å². The van der Waals surface area contributed by atoms with Crippen molar-refractivity contribution < 1.29 is 9.05 Å². The maximum absolute atomic E-state index is 7.05. The number of hydrogen-bond donors (Lipinski definition) is 0. The minimum Gasteiger partial charge on any atom is -0.427 e. The Morgan fingerprint density at radius 3 is 1.54 bits per heavy atom. The molecule has 1 spiro atoms. The van der Waals surface area contributed by atoms with Crippen LogP contribution in [0, 0.1) is 0 Å². The maximum atomic E-state index is 7.05. The van der Waals surface area contributed by atoms with Crippen LogP contribution in [0.2, 0.25) is 0 Å². The highest BCUT2D eigenvalue weighted by molar-refractivity contribution is 7.45. The zero-order chi connectivity index (χ0) is 25.0. The molecular weight excluding hydrogens is 473 g/mol. The lowest BCUT2D eigenvalue weighted by atomic mass is 9.76. The van der Waals surface area contributed by atoms with Crippen LogP contribution in [0.15, 0.2) is 97.1 Å². The van der Waals surface area contributed by atoms with E-state index in [9.17, 15) is 0 Å². The maximum Gasteiger partial charge on any atom is 0.385 e. The summed E-state index contributed by atoms with van der Waals surface area (Å²) in [5.41, 5.74) is 8.24. The van der Waals surface area contributed by atoms with Gasteiger partial charge in [-0.15, -0.1) is 0 Å². The second-order valence-corrected chi connectivity index (χ2v) is 11.9. The van der Waals surface area contributed by atoms with Crippen molar-refractivity contribution in [2.45, 2.75) is 57.0 Å². The van der Waals surface area contributed by atoms with Gasteiger partial charge in [0, 0.05) is 28.6 Å². The molecule has 2 atom stereocenters. The first-order valence-corrected chi connectivity index (χ1v) is 14.6. The van der Waals surface area contributed by atoms with E-state index in [2.05, 4.69) is 116 Å². The van der Waals surface area contributed by atoms with Gasteiger partial charge in [-0.05, 0) is 73.9 Å². The number of nitrogens with zero attached hydrogens (tertiary/aromatic N) is 1. The summed E-state index contributed by atoms with van der Waals surface area (Å²) in [7, 11) is -1.46. The lowest BCUT2D eigenvalue weighted by Crippen LogP contribution is -2.31. The Balaban J connectivity index is 1.40. The van der Waals surface area contributed by atoms with Gasteiger partial charge >= 0.3 is 8.53 Å². The molecule has 0 saturated heterocycles. The molecule has 0 N–H and O–H groups in total. The molecule has 0 saturated carbocycles.